The molecule has 2 aliphatic heterocycles. The average molecular weight is 280 g/mol. The van der Waals surface area contributed by atoms with Gasteiger partial charge in [0.15, 0.2) is 11.5 Å². The van der Waals surface area contributed by atoms with Gasteiger partial charge in [0.05, 0.1) is 20.3 Å². The van der Waals surface area contributed by atoms with Gasteiger partial charge >= 0.3 is 0 Å². The number of hydrogen-bond donors (Lipinski definition) is 1. The lowest BCUT2D eigenvalue weighted by Crippen LogP contribution is -2.45. The third-order valence-corrected chi connectivity index (χ3v) is 3.41. The number of hydrogen-bond acceptors (Lipinski definition) is 6. The van der Waals surface area contributed by atoms with Gasteiger partial charge in [-0.2, -0.15) is 0 Å². The van der Waals surface area contributed by atoms with Crippen molar-refractivity contribution in [2.45, 2.75) is 6.54 Å². The first-order chi connectivity index (χ1) is 9.86. The molecule has 110 valence electrons. The number of fused-ring (bicyclic) bond motifs is 1. The van der Waals surface area contributed by atoms with Gasteiger partial charge in [-0.3, -0.25) is 5.43 Å². The summed E-state index contributed by atoms with van der Waals surface area (Å²) >= 11 is 0. The third-order valence-electron chi connectivity index (χ3n) is 3.41. The summed E-state index contributed by atoms with van der Waals surface area (Å²) in [6, 6.07) is 3.99. The minimum atomic E-state index is 0.564. The topological polar surface area (TPSA) is 52.2 Å². The number of rotatable bonds is 4. The highest BCUT2D eigenvalue weighted by molar-refractivity contribution is 5.54. The van der Waals surface area contributed by atoms with Gasteiger partial charge in [0.1, 0.15) is 13.2 Å². The van der Waals surface area contributed by atoms with Crippen molar-refractivity contribution in [2.75, 3.05) is 46.6 Å². The van der Waals surface area contributed by atoms with Crippen molar-refractivity contribution in [3.8, 4) is 17.2 Å². The minimum Gasteiger partial charge on any atom is -0.493 e. The number of hydrazine groups is 1. The summed E-state index contributed by atoms with van der Waals surface area (Å²) in [4.78, 5) is 0. The highest BCUT2D eigenvalue weighted by Gasteiger charge is 2.18. The first-order valence-electron chi connectivity index (χ1n) is 6.89. The van der Waals surface area contributed by atoms with Crippen LogP contribution in [0, 0.1) is 0 Å². The Morgan fingerprint density at radius 3 is 2.75 bits per heavy atom. The average Bonchev–Trinajstić information content (AvgIpc) is 2.53. The molecule has 0 atom stereocenters. The SMILES string of the molecule is COc1cc(CNN2CCOCC2)cc2c1OCCO2. The van der Waals surface area contributed by atoms with E-state index in [9.17, 15) is 0 Å². The molecule has 0 unspecified atom stereocenters. The fourth-order valence-electron chi connectivity index (χ4n) is 2.35. The van der Waals surface area contributed by atoms with Gasteiger partial charge in [0.25, 0.3) is 0 Å². The maximum Gasteiger partial charge on any atom is 0.203 e. The van der Waals surface area contributed by atoms with Gasteiger partial charge in [-0.05, 0) is 17.7 Å². The van der Waals surface area contributed by atoms with Crippen LogP contribution in [0.25, 0.3) is 0 Å². The molecular formula is C14H20N2O4. The second-order valence-electron chi connectivity index (χ2n) is 4.76. The molecular weight excluding hydrogens is 260 g/mol. The van der Waals surface area contributed by atoms with E-state index in [2.05, 4.69) is 10.4 Å². The Hall–Kier alpha value is -1.50. The molecule has 6 nitrogen and oxygen atoms in total. The third kappa shape index (κ3) is 2.98. The van der Waals surface area contributed by atoms with Crippen molar-refractivity contribution in [1.29, 1.82) is 0 Å². The Balaban J connectivity index is 1.69. The molecule has 20 heavy (non-hydrogen) atoms. The number of ether oxygens (including phenoxy) is 4. The van der Waals surface area contributed by atoms with Gasteiger partial charge in [0.2, 0.25) is 5.75 Å². The number of nitrogens with zero attached hydrogens (tertiary/aromatic N) is 1. The molecule has 1 saturated heterocycles. The van der Waals surface area contributed by atoms with Crippen LogP contribution in [-0.4, -0.2) is 51.6 Å². The standard InChI is InChI=1S/C14H20N2O4/c1-17-12-8-11(9-13-14(12)20-7-6-19-13)10-15-16-2-4-18-5-3-16/h8-9,15H,2-7,10H2,1H3. The molecule has 1 fully saturated rings. The van der Waals surface area contributed by atoms with Crippen LogP contribution in [0.4, 0.5) is 0 Å². The molecule has 2 heterocycles. The van der Waals surface area contributed by atoms with Crippen LogP contribution in [0.15, 0.2) is 12.1 Å². The Bertz CT molecular complexity index is 443. The van der Waals surface area contributed by atoms with Gasteiger partial charge in [0, 0.05) is 19.6 Å². The maximum absolute atomic E-state index is 5.63. The van der Waals surface area contributed by atoms with Crippen LogP contribution in [0.2, 0.25) is 0 Å². The summed E-state index contributed by atoms with van der Waals surface area (Å²) in [6.45, 7) is 5.23. The molecule has 3 rings (SSSR count). The highest BCUT2D eigenvalue weighted by Crippen LogP contribution is 2.40. The van der Waals surface area contributed by atoms with E-state index in [1.54, 1.807) is 7.11 Å². The molecule has 0 radical (unpaired) electrons. The van der Waals surface area contributed by atoms with Crippen molar-refractivity contribution in [1.82, 2.24) is 10.4 Å². The first kappa shape index (κ1) is 13.5. The molecule has 0 aliphatic carbocycles. The van der Waals surface area contributed by atoms with Crippen LogP contribution in [0.5, 0.6) is 17.2 Å². The number of benzene rings is 1. The molecule has 0 saturated carbocycles. The molecule has 1 aromatic rings. The van der Waals surface area contributed by atoms with E-state index in [0.29, 0.717) is 19.0 Å². The van der Waals surface area contributed by atoms with Gasteiger partial charge < -0.3 is 18.9 Å². The zero-order chi connectivity index (χ0) is 13.8. The van der Waals surface area contributed by atoms with Crippen molar-refractivity contribution < 1.29 is 18.9 Å². The lowest BCUT2D eigenvalue weighted by atomic mass is 10.1. The minimum absolute atomic E-state index is 0.564. The Labute approximate surface area is 118 Å². The normalized spacial score (nSPS) is 18.9. The molecule has 6 heteroatoms. The van der Waals surface area contributed by atoms with E-state index in [1.165, 1.54) is 0 Å². The van der Waals surface area contributed by atoms with E-state index >= 15 is 0 Å². The molecule has 1 aromatic carbocycles. The van der Waals surface area contributed by atoms with E-state index in [1.807, 2.05) is 12.1 Å². The first-order valence-corrected chi connectivity index (χ1v) is 6.89. The molecule has 0 bridgehead atoms. The summed E-state index contributed by atoms with van der Waals surface area (Å²) in [5.41, 5.74) is 4.51. The lowest BCUT2D eigenvalue weighted by molar-refractivity contribution is 0.0105. The molecule has 0 spiro atoms. The quantitative estimate of drug-likeness (QED) is 0.880. The second kappa shape index (κ2) is 6.30. The number of nitrogens with one attached hydrogen (secondary N) is 1. The van der Waals surface area contributed by atoms with Crippen LogP contribution in [-0.2, 0) is 11.3 Å². The van der Waals surface area contributed by atoms with Crippen molar-refractivity contribution in [3.05, 3.63) is 17.7 Å². The molecule has 0 amide bonds. The Kier molecular flexibility index (Phi) is 4.25. The predicted octanol–water partition coefficient (Wildman–Crippen LogP) is 0.803. The number of morpholine rings is 1. The van der Waals surface area contributed by atoms with Crippen LogP contribution in [0.1, 0.15) is 5.56 Å². The van der Waals surface area contributed by atoms with E-state index in [4.69, 9.17) is 18.9 Å². The maximum atomic E-state index is 5.63. The monoisotopic (exact) mass is 280 g/mol. The zero-order valence-corrected chi connectivity index (χ0v) is 11.7. The van der Waals surface area contributed by atoms with Crippen LogP contribution < -0.4 is 19.6 Å². The lowest BCUT2D eigenvalue weighted by Gasteiger charge is -2.27. The fourth-order valence-corrected chi connectivity index (χ4v) is 2.35. The van der Waals surface area contributed by atoms with Crippen molar-refractivity contribution >= 4 is 0 Å². The number of methoxy groups -OCH3 is 1. The molecule has 1 N–H and O–H groups in total. The van der Waals surface area contributed by atoms with Gasteiger partial charge in [-0.1, -0.05) is 0 Å². The molecule has 0 aromatic heterocycles. The largest absolute Gasteiger partial charge is 0.493 e. The summed E-state index contributed by atoms with van der Waals surface area (Å²) in [5, 5.41) is 2.17. The van der Waals surface area contributed by atoms with Gasteiger partial charge in [-0.15, -0.1) is 0 Å². The van der Waals surface area contributed by atoms with Crippen LogP contribution in [0.3, 0.4) is 0 Å². The molecule has 2 aliphatic rings. The van der Waals surface area contributed by atoms with E-state index in [0.717, 1.165) is 49.9 Å². The smallest absolute Gasteiger partial charge is 0.203 e. The zero-order valence-electron chi connectivity index (χ0n) is 11.7. The second-order valence-corrected chi connectivity index (χ2v) is 4.76. The van der Waals surface area contributed by atoms with Crippen LogP contribution >= 0.6 is 0 Å². The van der Waals surface area contributed by atoms with E-state index in [-0.39, 0.29) is 0 Å². The van der Waals surface area contributed by atoms with Crippen molar-refractivity contribution in [3.63, 3.8) is 0 Å². The van der Waals surface area contributed by atoms with E-state index < -0.39 is 0 Å². The predicted molar refractivity (Wildman–Crippen MR) is 73.2 cm³/mol. The highest BCUT2D eigenvalue weighted by atomic mass is 16.6. The van der Waals surface area contributed by atoms with Crippen molar-refractivity contribution in [2.24, 2.45) is 0 Å². The fraction of sp³-hybridized carbons (Fsp3) is 0.571. The summed E-state index contributed by atoms with van der Waals surface area (Å²) in [7, 11) is 1.65. The summed E-state index contributed by atoms with van der Waals surface area (Å²) in [6.07, 6.45) is 0. The Morgan fingerprint density at radius 1 is 1.15 bits per heavy atom. The summed E-state index contributed by atoms with van der Waals surface area (Å²) < 4.78 is 21.9. The Morgan fingerprint density at radius 2 is 1.95 bits per heavy atom. The summed E-state index contributed by atoms with van der Waals surface area (Å²) in [5.74, 6) is 2.18. The van der Waals surface area contributed by atoms with Gasteiger partial charge in [-0.25, -0.2) is 5.01 Å².